The number of pyridine rings is 1. The summed E-state index contributed by atoms with van der Waals surface area (Å²) in [6.07, 6.45) is 1.36. The molecule has 0 radical (unpaired) electrons. The maximum atomic E-state index is 13.1. The Hall–Kier alpha value is -4.73. The molecular formula is C24H17NO9. The lowest BCUT2D eigenvalue weighted by atomic mass is 9.85. The molecule has 0 unspecified atom stereocenters. The van der Waals surface area contributed by atoms with Gasteiger partial charge in [0.2, 0.25) is 17.1 Å². The van der Waals surface area contributed by atoms with E-state index >= 15 is 0 Å². The van der Waals surface area contributed by atoms with Gasteiger partial charge in [0.15, 0.2) is 17.3 Å². The fraction of sp³-hybridized carbons (Fsp3) is 0.125. The van der Waals surface area contributed by atoms with Crippen LogP contribution in [0.5, 0.6) is 34.6 Å². The number of benzene rings is 2. The number of carbonyl (C=O) groups is 1. The van der Waals surface area contributed by atoms with Gasteiger partial charge in [-0.25, -0.2) is 4.98 Å². The van der Waals surface area contributed by atoms with Gasteiger partial charge in [-0.05, 0) is 24.3 Å². The predicted molar refractivity (Wildman–Crippen MR) is 117 cm³/mol. The Morgan fingerprint density at radius 1 is 1.09 bits per heavy atom. The lowest BCUT2D eigenvalue weighted by Gasteiger charge is -2.27. The minimum absolute atomic E-state index is 0.0900. The molecule has 4 aromatic rings. The normalized spacial score (nSPS) is 14.2. The van der Waals surface area contributed by atoms with Crippen molar-refractivity contribution in [2.75, 3.05) is 7.11 Å². The Balaban J connectivity index is 1.85. The van der Waals surface area contributed by atoms with E-state index in [-0.39, 0.29) is 45.9 Å². The van der Waals surface area contributed by atoms with Crippen LogP contribution in [0.1, 0.15) is 23.5 Å². The van der Waals surface area contributed by atoms with Gasteiger partial charge in [-0.2, -0.15) is 0 Å². The molecule has 2 aromatic carbocycles. The first-order chi connectivity index (χ1) is 16.3. The van der Waals surface area contributed by atoms with Gasteiger partial charge in [-0.1, -0.05) is 6.07 Å². The number of hydrogen-bond acceptors (Lipinski definition) is 10. The SMILES string of the molecule is COC(=O)C[C@@H]1c2cccnc2Oc2cc(O)c3c(=O)c(O)c(-c4ccc(O)c(O)c4)oc3c21. The van der Waals surface area contributed by atoms with Gasteiger partial charge < -0.3 is 34.3 Å². The van der Waals surface area contributed by atoms with Crippen LogP contribution >= 0.6 is 0 Å². The molecule has 34 heavy (non-hydrogen) atoms. The summed E-state index contributed by atoms with van der Waals surface area (Å²) in [5, 5.41) is 40.3. The van der Waals surface area contributed by atoms with E-state index in [1.807, 2.05) is 0 Å². The van der Waals surface area contributed by atoms with Crippen LogP contribution in [-0.2, 0) is 9.53 Å². The summed E-state index contributed by atoms with van der Waals surface area (Å²) in [7, 11) is 1.25. The monoisotopic (exact) mass is 463 g/mol. The maximum absolute atomic E-state index is 13.1. The van der Waals surface area contributed by atoms with E-state index in [0.29, 0.717) is 5.56 Å². The summed E-state index contributed by atoms with van der Waals surface area (Å²) in [5.41, 5.74) is -0.152. The van der Waals surface area contributed by atoms with Crippen molar-refractivity contribution in [1.29, 1.82) is 0 Å². The largest absolute Gasteiger partial charge is 0.507 e. The lowest BCUT2D eigenvalue weighted by molar-refractivity contribution is -0.140. The van der Waals surface area contributed by atoms with Crippen LogP contribution in [0.25, 0.3) is 22.3 Å². The molecule has 4 N–H and O–H groups in total. The van der Waals surface area contributed by atoms with Crippen LogP contribution in [0.15, 0.2) is 51.8 Å². The Labute approximate surface area is 190 Å². The van der Waals surface area contributed by atoms with E-state index in [1.165, 1.54) is 25.4 Å². The first kappa shape index (κ1) is 21.1. The van der Waals surface area contributed by atoms with Crippen LogP contribution in [0.3, 0.4) is 0 Å². The third-order valence-corrected chi connectivity index (χ3v) is 5.69. The average molecular weight is 463 g/mol. The number of rotatable bonds is 3. The highest BCUT2D eigenvalue weighted by Crippen LogP contribution is 2.50. The number of aromatic hydroxyl groups is 4. The van der Waals surface area contributed by atoms with E-state index in [9.17, 15) is 30.0 Å². The van der Waals surface area contributed by atoms with Gasteiger partial charge in [0, 0.05) is 34.9 Å². The quantitative estimate of drug-likeness (QED) is 0.262. The Morgan fingerprint density at radius 3 is 2.62 bits per heavy atom. The van der Waals surface area contributed by atoms with Crippen LogP contribution in [0, 0.1) is 0 Å². The number of fused-ring (bicyclic) bond motifs is 4. The van der Waals surface area contributed by atoms with Crippen molar-refractivity contribution in [2.45, 2.75) is 12.3 Å². The standard InChI is InChI=1S/C24H17NO9/c1-32-17(29)8-12-11-3-2-6-25-24(11)33-16-9-15(28)19-20(30)21(31)22(34-23(19)18(12)16)10-4-5-13(26)14(27)7-10/h2-7,9,12,26-28,31H,8H2,1H3/t12-/m1/s1. The third-order valence-electron chi connectivity index (χ3n) is 5.69. The minimum Gasteiger partial charge on any atom is -0.507 e. The predicted octanol–water partition coefficient (Wildman–Crippen LogP) is 3.48. The molecule has 0 amide bonds. The van der Waals surface area contributed by atoms with E-state index in [0.717, 1.165) is 12.1 Å². The summed E-state index contributed by atoms with van der Waals surface area (Å²) >= 11 is 0. The smallest absolute Gasteiger partial charge is 0.306 e. The third kappa shape index (κ3) is 3.15. The molecule has 10 nitrogen and oxygen atoms in total. The number of nitrogens with zero attached hydrogens (tertiary/aromatic N) is 1. The van der Waals surface area contributed by atoms with Crippen LogP contribution < -0.4 is 10.2 Å². The Bertz CT molecular complexity index is 1540. The van der Waals surface area contributed by atoms with Crippen LogP contribution in [0.4, 0.5) is 0 Å². The minimum atomic E-state index is -0.932. The molecular weight excluding hydrogens is 446 g/mol. The van der Waals surface area contributed by atoms with Crippen molar-refractivity contribution in [3.8, 4) is 46.0 Å². The average Bonchev–Trinajstić information content (AvgIpc) is 2.82. The zero-order valence-electron chi connectivity index (χ0n) is 17.6. The van der Waals surface area contributed by atoms with E-state index in [2.05, 4.69) is 4.98 Å². The molecule has 5 rings (SSSR count). The van der Waals surface area contributed by atoms with Crippen LogP contribution in [0.2, 0.25) is 0 Å². The number of methoxy groups -OCH3 is 1. The number of phenols is 3. The number of aromatic nitrogens is 1. The summed E-state index contributed by atoms with van der Waals surface area (Å²) in [4.78, 5) is 29.5. The Morgan fingerprint density at radius 2 is 1.88 bits per heavy atom. The summed E-state index contributed by atoms with van der Waals surface area (Å²) < 4.78 is 16.6. The van der Waals surface area contributed by atoms with Gasteiger partial charge in [0.25, 0.3) is 0 Å². The summed E-state index contributed by atoms with van der Waals surface area (Å²) in [6.45, 7) is 0. The number of esters is 1. The zero-order valence-corrected chi connectivity index (χ0v) is 17.6. The zero-order chi connectivity index (χ0) is 24.1. The van der Waals surface area contributed by atoms with E-state index in [1.54, 1.807) is 12.1 Å². The number of ether oxygens (including phenoxy) is 2. The van der Waals surface area contributed by atoms with Crippen molar-refractivity contribution < 1.29 is 39.1 Å². The van der Waals surface area contributed by atoms with Gasteiger partial charge in [0.1, 0.15) is 22.5 Å². The van der Waals surface area contributed by atoms with Crippen molar-refractivity contribution >= 4 is 16.9 Å². The molecule has 1 atom stereocenters. The van der Waals surface area contributed by atoms with Crippen molar-refractivity contribution in [2.24, 2.45) is 0 Å². The van der Waals surface area contributed by atoms with Gasteiger partial charge in [-0.3, -0.25) is 9.59 Å². The molecule has 0 fully saturated rings. The van der Waals surface area contributed by atoms with Gasteiger partial charge in [-0.15, -0.1) is 0 Å². The molecule has 3 heterocycles. The highest BCUT2D eigenvalue weighted by atomic mass is 16.5. The molecule has 2 aromatic heterocycles. The lowest BCUT2D eigenvalue weighted by Crippen LogP contribution is -2.17. The molecule has 1 aliphatic heterocycles. The summed E-state index contributed by atoms with van der Waals surface area (Å²) in [6, 6.07) is 8.16. The van der Waals surface area contributed by atoms with Gasteiger partial charge in [0.05, 0.1) is 13.5 Å². The van der Waals surface area contributed by atoms with Crippen molar-refractivity contribution in [1.82, 2.24) is 4.98 Å². The van der Waals surface area contributed by atoms with Crippen LogP contribution in [-0.4, -0.2) is 38.5 Å². The van der Waals surface area contributed by atoms with E-state index in [4.69, 9.17) is 13.9 Å². The molecule has 0 saturated heterocycles. The van der Waals surface area contributed by atoms with E-state index < -0.39 is 40.3 Å². The van der Waals surface area contributed by atoms with Gasteiger partial charge >= 0.3 is 5.97 Å². The summed E-state index contributed by atoms with van der Waals surface area (Å²) in [5.74, 6) is -3.46. The van der Waals surface area contributed by atoms with Crippen molar-refractivity contribution in [3.63, 3.8) is 0 Å². The second-order valence-electron chi connectivity index (χ2n) is 7.66. The number of hydrogen-bond donors (Lipinski definition) is 4. The molecule has 10 heteroatoms. The molecule has 1 aliphatic rings. The molecule has 0 bridgehead atoms. The molecule has 0 saturated carbocycles. The van der Waals surface area contributed by atoms with Crippen molar-refractivity contribution in [3.05, 3.63) is 63.9 Å². The fourth-order valence-electron chi connectivity index (χ4n) is 4.08. The topological polar surface area (TPSA) is 160 Å². The number of phenolic OH excluding ortho intramolecular Hbond substituents is 3. The first-order valence-corrected chi connectivity index (χ1v) is 10.1. The molecule has 172 valence electrons. The second kappa shape index (κ2) is 7.69. The highest BCUT2D eigenvalue weighted by Gasteiger charge is 2.35. The Kier molecular flexibility index (Phi) is 4.78. The molecule has 0 aliphatic carbocycles. The first-order valence-electron chi connectivity index (χ1n) is 10.1. The maximum Gasteiger partial charge on any atom is 0.306 e. The second-order valence-corrected chi connectivity index (χ2v) is 7.66. The molecule has 0 spiro atoms. The fourth-order valence-corrected chi connectivity index (χ4v) is 4.08. The highest BCUT2D eigenvalue weighted by molar-refractivity contribution is 5.93. The number of carbonyl (C=O) groups excluding carboxylic acids is 1.